The summed E-state index contributed by atoms with van der Waals surface area (Å²) in [5, 5.41) is 5.41. The summed E-state index contributed by atoms with van der Waals surface area (Å²) in [4.78, 5) is 12.2. The minimum Gasteiger partial charge on any atom is -0.481 e. The normalized spacial score (nSPS) is 17.1. The maximum absolute atomic E-state index is 12.2. The van der Waals surface area contributed by atoms with E-state index in [1.165, 1.54) is 24.6 Å². The van der Waals surface area contributed by atoms with Crippen LogP contribution in [0.1, 0.15) is 39.0 Å². The number of carbonyl (C=O) groups is 1. The van der Waals surface area contributed by atoms with Crippen molar-refractivity contribution in [2.24, 2.45) is 0 Å². The largest absolute Gasteiger partial charge is 0.481 e. The van der Waals surface area contributed by atoms with Crippen molar-refractivity contribution in [1.29, 1.82) is 0 Å². The first-order valence-electron chi connectivity index (χ1n) is 8.18. The molecular formula is C19H23NO2. The van der Waals surface area contributed by atoms with E-state index in [-0.39, 0.29) is 5.91 Å². The van der Waals surface area contributed by atoms with Gasteiger partial charge in [-0.25, -0.2) is 0 Å². The maximum atomic E-state index is 12.2. The van der Waals surface area contributed by atoms with E-state index in [1.807, 2.05) is 37.3 Å². The van der Waals surface area contributed by atoms with Gasteiger partial charge in [0.2, 0.25) is 0 Å². The van der Waals surface area contributed by atoms with Crippen molar-refractivity contribution in [3.05, 3.63) is 42.5 Å². The molecular weight excluding hydrogens is 274 g/mol. The molecule has 1 atom stereocenters. The molecule has 1 N–H and O–H groups in total. The fourth-order valence-electron chi connectivity index (χ4n) is 3.06. The molecule has 1 saturated carbocycles. The zero-order valence-electron chi connectivity index (χ0n) is 13.0. The van der Waals surface area contributed by atoms with E-state index in [1.54, 1.807) is 0 Å². The molecule has 1 fully saturated rings. The van der Waals surface area contributed by atoms with Gasteiger partial charge in [0.25, 0.3) is 5.91 Å². The first-order chi connectivity index (χ1) is 10.7. The number of ether oxygens (including phenoxy) is 1. The van der Waals surface area contributed by atoms with Crippen LogP contribution in [0.2, 0.25) is 0 Å². The zero-order chi connectivity index (χ0) is 15.4. The fraction of sp³-hybridized carbons (Fsp3) is 0.421. The van der Waals surface area contributed by atoms with Crippen molar-refractivity contribution in [1.82, 2.24) is 5.32 Å². The highest BCUT2D eigenvalue weighted by atomic mass is 16.5. The van der Waals surface area contributed by atoms with E-state index in [4.69, 9.17) is 4.74 Å². The minimum absolute atomic E-state index is 0.0138. The molecule has 1 aliphatic rings. The number of hydrogen-bond donors (Lipinski definition) is 1. The Balaban J connectivity index is 1.61. The van der Waals surface area contributed by atoms with Gasteiger partial charge < -0.3 is 10.1 Å². The lowest BCUT2D eigenvalue weighted by atomic mass is 9.95. The van der Waals surface area contributed by atoms with Crippen molar-refractivity contribution in [2.75, 3.05) is 0 Å². The van der Waals surface area contributed by atoms with Crippen molar-refractivity contribution in [2.45, 2.75) is 51.2 Å². The lowest BCUT2D eigenvalue weighted by Gasteiger charge is -2.24. The van der Waals surface area contributed by atoms with Crippen LogP contribution in [0, 0.1) is 0 Å². The third-order valence-corrected chi connectivity index (χ3v) is 4.35. The van der Waals surface area contributed by atoms with Gasteiger partial charge in [0.05, 0.1) is 0 Å². The van der Waals surface area contributed by atoms with E-state index < -0.39 is 6.10 Å². The van der Waals surface area contributed by atoms with Crippen molar-refractivity contribution >= 4 is 16.7 Å². The predicted octanol–water partition coefficient (Wildman–Crippen LogP) is 4.06. The number of hydrogen-bond acceptors (Lipinski definition) is 2. The monoisotopic (exact) mass is 297 g/mol. The van der Waals surface area contributed by atoms with Gasteiger partial charge >= 0.3 is 0 Å². The average molecular weight is 297 g/mol. The molecule has 116 valence electrons. The Kier molecular flexibility index (Phi) is 4.62. The summed E-state index contributed by atoms with van der Waals surface area (Å²) in [7, 11) is 0. The summed E-state index contributed by atoms with van der Waals surface area (Å²) in [6, 6.07) is 14.4. The van der Waals surface area contributed by atoms with Crippen LogP contribution in [0.15, 0.2) is 42.5 Å². The molecule has 0 spiro atoms. The Morgan fingerprint density at radius 3 is 2.59 bits per heavy atom. The summed E-state index contributed by atoms with van der Waals surface area (Å²) in [6.45, 7) is 1.81. The van der Waals surface area contributed by atoms with E-state index >= 15 is 0 Å². The van der Waals surface area contributed by atoms with Crippen molar-refractivity contribution < 1.29 is 9.53 Å². The lowest BCUT2D eigenvalue weighted by Crippen LogP contribution is -2.43. The first-order valence-corrected chi connectivity index (χ1v) is 8.18. The summed E-state index contributed by atoms with van der Waals surface area (Å²) in [6.07, 6.45) is 5.43. The minimum atomic E-state index is -0.469. The number of benzene rings is 2. The summed E-state index contributed by atoms with van der Waals surface area (Å²) in [5.74, 6) is 0.727. The standard InChI is InChI=1S/C19H23NO2/c1-14(19(21)20-17-9-3-2-4-10-17)22-18-12-11-15-7-5-6-8-16(15)13-18/h5-8,11-14,17H,2-4,9-10H2,1H3,(H,20,21)/t14-/m0/s1. The molecule has 0 saturated heterocycles. The molecule has 2 aromatic rings. The molecule has 0 aromatic heterocycles. The molecule has 0 heterocycles. The average Bonchev–Trinajstić information content (AvgIpc) is 2.55. The summed E-state index contributed by atoms with van der Waals surface area (Å²) >= 11 is 0. The van der Waals surface area contributed by atoms with Gasteiger partial charge in [-0.05, 0) is 42.7 Å². The highest BCUT2D eigenvalue weighted by Crippen LogP contribution is 2.22. The second kappa shape index (κ2) is 6.82. The van der Waals surface area contributed by atoms with Crippen LogP contribution in [0.25, 0.3) is 10.8 Å². The second-order valence-corrected chi connectivity index (χ2v) is 6.11. The molecule has 3 nitrogen and oxygen atoms in total. The molecule has 0 unspecified atom stereocenters. The second-order valence-electron chi connectivity index (χ2n) is 6.11. The first kappa shape index (κ1) is 14.9. The number of carbonyl (C=O) groups excluding carboxylic acids is 1. The Morgan fingerprint density at radius 2 is 1.82 bits per heavy atom. The molecule has 0 bridgehead atoms. The molecule has 1 amide bonds. The van der Waals surface area contributed by atoms with Crippen LogP contribution < -0.4 is 10.1 Å². The topological polar surface area (TPSA) is 38.3 Å². The Morgan fingerprint density at radius 1 is 1.09 bits per heavy atom. The third kappa shape index (κ3) is 3.59. The fourth-order valence-corrected chi connectivity index (χ4v) is 3.06. The van der Waals surface area contributed by atoms with Gasteiger partial charge in [0.1, 0.15) is 5.75 Å². The SMILES string of the molecule is C[C@H](Oc1ccc2ccccc2c1)C(=O)NC1CCCCC1. The van der Waals surface area contributed by atoms with Gasteiger partial charge in [-0.3, -0.25) is 4.79 Å². The highest BCUT2D eigenvalue weighted by molar-refractivity contribution is 5.84. The highest BCUT2D eigenvalue weighted by Gasteiger charge is 2.20. The van der Waals surface area contributed by atoms with Gasteiger partial charge in [-0.1, -0.05) is 49.6 Å². The van der Waals surface area contributed by atoms with E-state index in [0.29, 0.717) is 6.04 Å². The van der Waals surface area contributed by atoms with Crippen LogP contribution in [-0.2, 0) is 4.79 Å². The quantitative estimate of drug-likeness (QED) is 0.924. The van der Waals surface area contributed by atoms with E-state index in [2.05, 4.69) is 17.4 Å². The smallest absolute Gasteiger partial charge is 0.260 e. The van der Waals surface area contributed by atoms with Crippen LogP contribution in [0.4, 0.5) is 0 Å². The Labute approximate surface area is 131 Å². The summed E-state index contributed by atoms with van der Waals surface area (Å²) in [5.41, 5.74) is 0. The molecule has 1 aliphatic carbocycles. The molecule has 0 aliphatic heterocycles. The maximum Gasteiger partial charge on any atom is 0.260 e. The summed E-state index contributed by atoms with van der Waals surface area (Å²) < 4.78 is 5.81. The lowest BCUT2D eigenvalue weighted by molar-refractivity contribution is -0.128. The van der Waals surface area contributed by atoms with Crippen LogP contribution in [0.5, 0.6) is 5.75 Å². The molecule has 2 aromatic carbocycles. The number of fused-ring (bicyclic) bond motifs is 1. The van der Waals surface area contributed by atoms with Gasteiger partial charge in [0, 0.05) is 6.04 Å². The van der Waals surface area contributed by atoms with Crippen molar-refractivity contribution in [3.8, 4) is 5.75 Å². The zero-order valence-corrected chi connectivity index (χ0v) is 13.0. The van der Waals surface area contributed by atoms with E-state index in [9.17, 15) is 4.79 Å². The number of rotatable bonds is 4. The van der Waals surface area contributed by atoms with Crippen LogP contribution in [-0.4, -0.2) is 18.1 Å². The van der Waals surface area contributed by atoms with Gasteiger partial charge in [-0.15, -0.1) is 0 Å². The number of nitrogens with one attached hydrogen (secondary N) is 1. The van der Waals surface area contributed by atoms with Crippen molar-refractivity contribution in [3.63, 3.8) is 0 Å². The molecule has 3 heteroatoms. The predicted molar refractivity (Wildman–Crippen MR) is 89.1 cm³/mol. The number of amides is 1. The molecule has 22 heavy (non-hydrogen) atoms. The Bertz CT molecular complexity index is 647. The molecule has 0 radical (unpaired) electrons. The molecule has 3 rings (SSSR count). The van der Waals surface area contributed by atoms with Crippen LogP contribution >= 0.6 is 0 Å². The van der Waals surface area contributed by atoms with Crippen LogP contribution in [0.3, 0.4) is 0 Å². The Hall–Kier alpha value is -2.03. The third-order valence-electron chi connectivity index (χ3n) is 4.35. The van der Waals surface area contributed by atoms with Gasteiger partial charge in [0.15, 0.2) is 6.10 Å². The van der Waals surface area contributed by atoms with Gasteiger partial charge in [-0.2, -0.15) is 0 Å². The van der Waals surface area contributed by atoms with E-state index in [0.717, 1.165) is 24.0 Å².